The molecule has 3 N–H and O–H groups in total. The first kappa shape index (κ1) is 16.8. The minimum atomic E-state index is -4.40. The van der Waals surface area contributed by atoms with E-state index in [9.17, 15) is 18.0 Å². The van der Waals surface area contributed by atoms with Crippen LogP contribution in [-0.4, -0.2) is 11.9 Å². The Hall–Kier alpha value is -1.56. The number of carbonyl (C=O) groups is 1. The van der Waals surface area contributed by atoms with Crippen LogP contribution in [0.25, 0.3) is 0 Å². The molecule has 1 aromatic rings. The van der Waals surface area contributed by atoms with Crippen LogP contribution in [0.2, 0.25) is 0 Å². The molecule has 0 radical (unpaired) electrons. The van der Waals surface area contributed by atoms with Crippen molar-refractivity contribution >= 4 is 5.91 Å². The third kappa shape index (κ3) is 4.73. The molecule has 0 spiro atoms. The van der Waals surface area contributed by atoms with Crippen LogP contribution in [0.15, 0.2) is 24.3 Å². The van der Waals surface area contributed by atoms with Gasteiger partial charge >= 0.3 is 6.18 Å². The summed E-state index contributed by atoms with van der Waals surface area (Å²) in [4.78, 5) is 11.9. The maximum Gasteiger partial charge on any atom is 0.416 e. The van der Waals surface area contributed by atoms with E-state index in [-0.39, 0.29) is 30.0 Å². The Morgan fingerprint density at radius 3 is 2.45 bits per heavy atom. The van der Waals surface area contributed by atoms with Gasteiger partial charge in [0.25, 0.3) is 0 Å². The number of halogens is 3. The highest BCUT2D eigenvalue weighted by Gasteiger charge is 2.32. The molecule has 1 aliphatic rings. The van der Waals surface area contributed by atoms with Crippen LogP contribution in [0.3, 0.4) is 0 Å². The number of alkyl halides is 3. The standard InChI is InChI=1S/C16H21F3N2O/c17-16(18,19)14-4-2-1-3-12(14)10-21-15(22)9-11-5-7-13(20)8-6-11/h1-4,11,13H,5-10,20H2,(H,21,22). The summed E-state index contributed by atoms with van der Waals surface area (Å²) in [6.45, 7) is -0.0965. The first-order valence-electron chi connectivity index (χ1n) is 7.53. The minimum Gasteiger partial charge on any atom is -0.352 e. The number of hydrogen-bond donors (Lipinski definition) is 2. The van der Waals surface area contributed by atoms with Gasteiger partial charge in [-0.15, -0.1) is 0 Å². The second-order valence-electron chi connectivity index (χ2n) is 5.92. The maximum absolute atomic E-state index is 12.9. The lowest BCUT2D eigenvalue weighted by Gasteiger charge is -2.25. The summed E-state index contributed by atoms with van der Waals surface area (Å²) >= 11 is 0. The molecule has 3 nitrogen and oxygen atoms in total. The molecule has 2 rings (SSSR count). The highest BCUT2D eigenvalue weighted by molar-refractivity contribution is 5.76. The summed E-state index contributed by atoms with van der Waals surface area (Å²) in [7, 11) is 0. The summed E-state index contributed by atoms with van der Waals surface area (Å²) in [6.07, 6.45) is -0.396. The molecule has 0 atom stereocenters. The van der Waals surface area contributed by atoms with Crippen molar-refractivity contribution in [1.82, 2.24) is 5.32 Å². The first-order chi connectivity index (χ1) is 10.4. The normalized spacial score (nSPS) is 22.4. The summed E-state index contributed by atoms with van der Waals surface area (Å²) in [6, 6.07) is 5.53. The van der Waals surface area contributed by atoms with E-state index in [2.05, 4.69) is 5.32 Å². The predicted molar refractivity (Wildman–Crippen MR) is 77.8 cm³/mol. The van der Waals surface area contributed by atoms with Gasteiger partial charge in [-0.25, -0.2) is 0 Å². The van der Waals surface area contributed by atoms with E-state index in [0.717, 1.165) is 31.7 Å². The molecule has 6 heteroatoms. The fourth-order valence-electron chi connectivity index (χ4n) is 2.87. The Morgan fingerprint density at radius 2 is 1.82 bits per heavy atom. The Morgan fingerprint density at radius 1 is 1.18 bits per heavy atom. The zero-order valence-corrected chi connectivity index (χ0v) is 12.3. The van der Waals surface area contributed by atoms with E-state index < -0.39 is 11.7 Å². The number of benzene rings is 1. The summed E-state index contributed by atoms with van der Waals surface area (Å²) < 4.78 is 38.6. The van der Waals surface area contributed by atoms with E-state index in [0.29, 0.717) is 6.42 Å². The van der Waals surface area contributed by atoms with Crippen LogP contribution >= 0.6 is 0 Å². The SMILES string of the molecule is NC1CCC(CC(=O)NCc2ccccc2C(F)(F)F)CC1. The van der Waals surface area contributed by atoms with Crippen molar-refractivity contribution in [2.45, 2.75) is 50.9 Å². The highest BCUT2D eigenvalue weighted by atomic mass is 19.4. The Labute approximate surface area is 128 Å². The largest absolute Gasteiger partial charge is 0.416 e. The second kappa shape index (κ2) is 7.13. The molecule has 0 aliphatic heterocycles. The molecule has 0 aromatic heterocycles. The van der Waals surface area contributed by atoms with Gasteiger partial charge in [0.2, 0.25) is 5.91 Å². The molecule has 122 valence electrons. The maximum atomic E-state index is 12.9. The van der Waals surface area contributed by atoms with Gasteiger partial charge in [-0.1, -0.05) is 18.2 Å². The van der Waals surface area contributed by atoms with Crippen molar-refractivity contribution in [3.8, 4) is 0 Å². The van der Waals surface area contributed by atoms with Crippen molar-refractivity contribution in [3.05, 3.63) is 35.4 Å². The number of amides is 1. The van der Waals surface area contributed by atoms with Crippen molar-refractivity contribution in [3.63, 3.8) is 0 Å². The molecule has 1 saturated carbocycles. The lowest BCUT2D eigenvalue weighted by atomic mass is 9.84. The van der Waals surface area contributed by atoms with Gasteiger partial charge in [0.15, 0.2) is 0 Å². The molecular formula is C16H21F3N2O. The van der Waals surface area contributed by atoms with Gasteiger partial charge in [-0.2, -0.15) is 13.2 Å². The van der Waals surface area contributed by atoms with Crippen molar-refractivity contribution in [2.24, 2.45) is 11.7 Å². The van der Waals surface area contributed by atoms with E-state index in [1.165, 1.54) is 12.1 Å². The molecule has 0 bridgehead atoms. The second-order valence-corrected chi connectivity index (χ2v) is 5.92. The van der Waals surface area contributed by atoms with E-state index in [4.69, 9.17) is 5.73 Å². The topological polar surface area (TPSA) is 55.1 Å². The van der Waals surface area contributed by atoms with Crippen LogP contribution in [0.5, 0.6) is 0 Å². The van der Waals surface area contributed by atoms with Gasteiger partial charge in [-0.3, -0.25) is 4.79 Å². The fraction of sp³-hybridized carbons (Fsp3) is 0.562. The molecule has 0 unspecified atom stereocenters. The van der Waals surface area contributed by atoms with Crippen LogP contribution in [0.1, 0.15) is 43.2 Å². The van der Waals surface area contributed by atoms with Crippen LogP contribution in [-0.2, 0) is 17.5 Å². The van der Waals surface area contributed by atoms with Gasteiger partial charge in [-0.05, 0) is 43.2 Å². The molecule has 1 amide bonds. The zero-order chi connectivity index (χ0) is 16.2. The van der Waals surface area contributed by atoms with Crippen LogP contribution < -0.4 is 11.1 Å². The van der Waals surface area contributed by atoms with E-state index in [1.807, 2.05) is 0 Å². The van der Waals surface area contributed by atoms with Gasteiger partial charge in [0, 0.05) is 19.0 Å². The fourth-order valence-corrected chi connectivity index (χ4v) is 2.87. The van der Waals surface area contributed by atoms with Gasteiger partial charge in [0.1, 0.15) is 0 Å². The number of carbonyl (C=O) groups excluding carboxylic acids is 1. The number of nitrogens with two attached hydrogens (primary N) is 1. The van der Waals surface area contributed by atoms with Gasteiger partial charge in [0.05, 0.1) is 5.56 Å². The van der Waals surface area contributed by atoms with Crippen molar-refractivity contribution < 1.29 is 18.0 Å². The Balaban J connectivity index is 1.87. The van der Waals surface area contributed by atoms with Crippen LogP contribution in [0.4, 0.5) is 13.2 Å². The quantitative estimate of drug-likeness (QED) is 0.896. The third-order valence-corrected chi connectivity index (χ3v) is 4.16. The molecule has 0 saturated heterocycles. The molecule has 1 fully saturated rings. The number of nitrogens with one attached hydrogen (secondary N) is 1. The average molecular weight is 314 g/mol. The van der Waals surface area contributed by atoms with Gasteiger partial charge < -0.3 is 11.1 Å². The molecule has 0 heterocycles. The summed E-state index contributed by atoms with van der Waals surface area (Å²) in [5.41, 5.74) is 5.21. The molecule has 22 heavy (non-hydrogen) atoms. The Kier molecular flexibility index (Phi) is 5.45. The molecule has 1 aliphatic carbocycles. The first-order valence-corrected chi connectivity index (χ1v) is 7.53. The predicted octanol–water partition coefficient (Wildman–Crippen LogP) is 3.23. The lowest BCUT2D eigenvalue weighted by Crippen LogP contribution is -2.31. The third-order valence-electron chi connectivity index (χ3n) is 4.16. The van der Waals surface area contributed by atoms with Crippen LogP contribution in [0, 0.1) is 5.92 Å². The minimum absolute atomic E-state index is 0.0917. The van der Waals surface area contributed by atoms with E-state index >= 15 is 0 Å². The highest BCUT2D eigenvalue weighted by Crippen LogP contribution is 2.32. The average Bonchev–Trinajstić information content (AvgIpc) is 2.47. The summed E-state index contributed by atoms with van der Waals surface area (Å²) in [5, 5.41) is 2.60. The zero-order valence-electron chi connectivity index (χ0n) is 12.3. The van der Waals surface area contributed by atoms with Crippen molar-refractivity contribution in [1.29, 1.82) is 0 Å². The number of rotatable bonds is 4. The molecular weight excluding hydrogens is 293 g/mol. The lowest BCUT2D eigenvalue weighted by molar-refractivity contribution is -0.138. The Bertz CT molecular complexity index is 508. The molecule has 1 aromatic carbocycles. The van der Waals surface area contributed by atoms with Crippen molar-refractivity contribution in [2.75, 3.05) is 0 Å². The monoisotopic (exact) mass is 314 g/mol. The summed E-state index contributed by atoms with van der Waals surface area (Å²) in [5.74, 6) is 0.0927. The number of hydrogen-bond acceptors (Lipinski definition) is 2. The van der Waals surface area contributed by atoms with E-state index in [1.54, 1.807) is 6.07 Å². The smallest absolute Gasteiger partial charge is 0.352 e.